The number of rotatable bonds is 2. The van der Waals surface area contributed by atoms with Crippen LogP contribution in [0.25, 0.3) is 11.6 Å². The normalized spacial score (nSPS) is 13.6. The second-order valence-electron chi connectivity index (χ2n) is 4.87. The molecule has 0 fully saturated rings. The van der Waals surface area contributed by atoms with Crippen LogP contribution in [0.2, 0.25) is 0 Å². The third kappa shape index (κ3) is 2.47. The number of hydrogen-bond donors (Lipinski definition) is 1. The summed E-state index contributed by atoms with van der Waals surface area (Å²) in [6, 6.07) is 1.42. The molecule has 0 saturated carbocycles. The smallest absolute Gasteiger partial charge is 0.244 e. The Morgan fingerprint density at radius 2 is 1.82 bits per heavy atom. The van der Waals surface area contributed by atoms with Crippen LogP contribution in [0, 0.1) is 5.41 Å². The minimum Gasteiger partial charge on any atom is -0.337 e. The van der Waals surface area contributed by atoms with E-state index >= 15 is 0 Å². The lowest BCUT2D eigenvalue weighted by atomic mass is 9.87. The van der Waals surface area contributed by atoms with Gasteiger partial charge in [0.1, 0.15) is 0 Å². The van der Waals surface area contributed by atoms with E-state index in [4.69, 9.17) is 10.3 Å². The fraction of sp³-hybridized carbons (Fsp3) is 0.455. The van der Waals surface area contributed by atoms with E-state index in [2.05, 4.69) is 20.1 Å². The lowest BCUT2D eigenvalue weighted by Crippen LogP contribution is -2.26. The van der Waals surface area contributed by atoms with Crippen molar-refractivity contribution in [3.8, 4) is 11.6 Å². The summed E-state index contributed by atoms with van der Waals surface area (Å²) in [6.07, 6.45) is 3.25. The van der Waals surface area contributed by atoms with Crippen LogP contribution in [-0.2, 0) is 0 Å². The highest BCUT2D eigenvalue weighted by atomic mass is 16.5. The zero-order valence-corrected chi connectivity index (χ0v) is 10.1. The Balaban J connectivity index is 2.28. The van der Waals surface area contributed by atoms with Gasteiger partial charge in [0, 0.05) is 12.4 Å². The molecule has 6 heteroatoms. The molecule has 2 rings (SSSR count). The predicted octanol–water partition coefficient (Wildman–Crippen LogP) is 1.57. The predicted molar refractivity (Wildman–Crippen MR) is 61.7 cm³/mol. The molecule has 17 heavy (non-hydrogen) atoms. The lowest BCUT2D eigenvalue weighted by molar-refractivity contribution is 0.253. The monoisotopic (exact) mass is 233 g/mol. The summed E-state index contributed by atoms with van der Waals surface area (Å²) in [6.45, 7) is 6.04. The summed E-state index contributed by atoms with van der Waals surface area (Å²) in [5.41, 5.74) is 5.89. The summed E-state index contributed by atoms with van der Waals surface area (Å²) >= 11 is 0. The highest BCUT2D eigenvalue weighted by molar-refractivity contribution is 5.40. The van der Waals surface area contributed by atoms with E-state index in [0.29, 0.717) is 17.5 Å². The van der Waals surface area contributed by atoms with Gasteiger partial charge in [-0.05, 0) is 11.5 Å². The molecule has 0 aliphatic rings. The van der Waals surface area contributed by atoms with Gasteiger partial charge in [0.2, 0.25) is 17.5 Å². The molecule has 2 N–H and O–H groups in total. The molecule has 0 aliphatic carbocycles. The van der Waals surface area contributed by atoms with Crippen molar-refractivity contribution in [2.75, 3.05) is 0 Å². The Bertz CT molecular complexity index is 488. The highest BCUT2D eigenvalue weighted by Gasteiger charge is 2.28. The van der Waals surface area contributed by atoms with E-state index < -0.39 is 0 Å². The van der Waals surface area contributed by atoms with Gasteiger partial charge >= 0.3 is 0 Å². The maximum Gasteiger partial charge on any atom is 0.244 e. The number of aromatic nitrogens is 4. The third-order valence-corrected chi connectivity index (χ3v) is 2.41. The van der Waals surface area contributed by atoms with Gasteiger partial charge in [0.05, 0.1) is 6.04 Å². The molecule has 2 aromatic heterocycles. The van der Waals surface area contributed by atoms with Crippen molar-refractivity contribution in [3.05, 3.63) is 24.4 Å². The molecule has 1 atom stereocenters. The Kier molecular flexibility index (Phi) is 2.89. The second kappa shape index (κ2) is 4.21. The largest absolute Gasteiger partial charge is 0.337 e. The van der Waals surface area contributed by atoms with E-state index in [1.54, 1.807) is 18.5 Å². The topological polar surface area (TPSA) is 90.7 Å². The maximum atomic E-state index is 6.03. The molecule has 0 radical (unpaired) electrons. The summed E-state index contributed by atoms with van der Waals surface area (Å²) in [5.74, 6) is 1.20. The van der Waals surface area contributed by atoms with Gasteiger partial charge in [-0.1, -0.05) is 25.9 Å². The molecule has 0 bridgehead atoms. The van der Waals surface area contributed by atoms with Crippen molar-refractivity contribution in [1.82, 2.24) is 20.1 Å². The second-order valence-corrected chi connectivity index (χ2v) is 4.87. The fourth-order valence-electron chi connectivity index (χ4n) is 1.24. The quantitative estimate of drug-likeness (QED) is 0.846. The van der Waals surface area contributed by atoms with Crippen molar-refractivity contribution in [3.63, 3.8) is 0 Å². The van der Waals surface area contributed by atoms with Crippen LogP contribution in [0.15, 0.2) is 23.0 Å². The first kappa shape index (κ1) is 11.7. The summed E-state index contributed by atoms with van der Waals surface area (Å²) in [7, 11) is 0. The van der Waals surface area contributed by atoms with Crippen LogP contribution in [0.1, 0.15) is 32.7 Å². The summed E-state index contributed by atoms with van der Waals surface area (Å²) in [5, 5.41) is 3.83. The SMILES string of the molecule is CC(C)(C)[C@@H](N)c1nc(-c2ncccn2)no1. The first-order valence-electron chi connectivity index (χ1n) is 5.35. The molecule has 0 amide bonds. The van der Waals surface area contributed by atoms with Gasteiger partial charge in [-0.15, -0.1) is 0 Å². The minimum absolute atomic E-state index is 0.138. The molecular weight excluding hydrogens is 218 g/mol. The molecular formula is C11H15N5O. The van der Waals surface area contributed by atoms with Gasteiger partial charge < -0.3 is 10.3 Å². The van der Waals surface area contributed by atoms with Gasteiger partial charge in [-0.25, -0.2) is 9.97 Å². The first-order chi connectivity index (χ1) is 7.98. The van der Waals surface area contributed by atoms with Crippen LogP contribution in [0.3, 0.4) is 0 Å². The van der Waals surface area contributed by atoms with E-state index in [0.717, 1.165) is 0 Å². The molecule has 0 aliphatic heterocycles. The van der Waals surface area contributed by atoms with Crippen molar-refractivity contribution < 1.29 is 4.52 Å². The van der Waals surface area contributed by atoms with Crippen LogP contribution >= 0.6 is 0 Å². The Hall–Kier alpha value is -1.82. The molecule has 0 aromatic carbocycles. The lowest BCUT2D eigenvalue weighted by Gasteiger charge is -2.23. The molecule has 0 saturated heterocycles. The molecule has 2 heterocycles. The molecule has 90 valence electrons. The Morgan fingerprint density at radius 1 is 1.18 bits per heavy atom. The van der Waals surface area contributed by atoms with Gasteiger partial charge in [-0.3, -0.25) is 0 Å². The average Bonchev–Trinajstić information content (AvgIpc) is 2.77. The number of nitrogens with two attached hydrogens (primary N) is 1. The number of hydrogen-bond acceptors (Lipinski definition) is 6. The molecule has 0 spiro atoms. The van der Waals surface area contributed by atoms with Crippen LogP contribution in [0.5, 0.6) is 0 Å². The fourth-order valence-corrected chi connectivity index (χ4v) is 1.24. The third-order valence-electron chi connectivity index (χ3n) is 2.41. The van der Waals surface area contributed by atoms with Crippen molar-refractivity contribution in [2.24, 2.45) is 11.1 Å². The van der Waals surface area contributed by atoms with Crippen LogP contribution in [0.4, 0.5) is 0 Å². The van der Waals surface area contributed by atoms with E-state index in [9.17, 15) is 0 Å². The van der Waals surface area contributed by atoms with Gasteiger partial charge in [0.15, 0.2) is 0 Å². The van der Waals surface area contributed by atoms with Gasteiger partial charge in [0.25, 0.3) is 0 Å². The Morgan fingerprint density at radius 3 is 2.41 bits per heavy atom. The van der Waals surface area contributed by atoms with E-state index in [1.807, 2.05) is 20.8 Å². The van der Waals surface area contributed by atoms with Gasteiger partial charge in [-0.2, -0.15) is 4.98 Å². The average molecular weight is 233 g/mol. The van der Waals surface area contributed by atoms with Crippen molar-refractivity contribution >= 4 is 0 Å². The molecule has 0 unspecified atom stereocenters. The molecule has 6 nitrogen and oxygen atoms in total. The zero-order chi connectivity index (χ0) is 12.5. The maximum absolute atomic E-state index is 6.03. The van der Waals surface area contributed by atoms with Crippen molar-refractivity contribution in [2.45, 2.75) is 26.8 Å². The highest BCUT2D eigenvalue weighted by Crippen LogP contribution is 2.29. The standard InChI is InChI=1S/C11H15N5O/c1-11(2,3)7(12)10-15-9(16-17-10)8-13-5-4-6-14-8/h4-7H,12H2,1-3H3/t7-/m0/s1. The van der Waals surface area contributed by atoms with E-state index in [-0.39, 0.29) is 11.5 Å². The minimum atomic E-state index is -0.313. The molecule has 2 aromatic rings. The first-order valence-corrected chi connectivity index (χ1v) is 5.35. The summed E-state index contributed by atoms with van der Waals surface area (Å²) < 4.78 is 5.14. The van der Waals surface area contributed by atoms with Crippen LogP contribution in [-0.4, -0.2) is 20.1 Å². The van der Waals surface area contributed by atoms with Crippen molar-refractivity contribution in [1.29, 1.82) is 0 Å². The van der Waals surface area contributed by atoms with Crippen LogP contribution < -0.4 is 5.73 Å². The zero-order valence-electron chi connectivity index (χ0n) is 10.1. The Labute approximate surface area is 99.3 Å². The van der Waals surface area contributed by atoms with E-state index in [1.165, 1.54) is 0 Å². The number of nitrogens with zero attached hydrogens (tertiary/aromatic N) is 4. The summed E-state index contributed by atoms with van der Waals surface area (Å²) in [4.78, 5) is 12.3.